The summed E-state index contributed by atoms with van der Waals surface area (Å²) in [4.78, 5) is 31.8. The Labute approximate surface area is 210 Å². The number of nitrogens with zero attached hydrogens (tertiary/aromatic N) is 3. The van der Waals surface area contributed by atoms with Crippen LogP contribution in [0.2, 0.25) is 0 Å². The molecule has 0 aliphatic carbocycles. The van der Waals surface area contributed by atoms with Crippen LogP contribution in [0.3, 0.4) is 0 Å². The van der Waals surface area contributed by atoms with E-state index in [0.717, 1.165) is 43.6 Å². The van der Waals surface area contributed by atoms with Crippen LogP contribution in [0.1, 0.15) is 24.5 Å². The highest BCUT2D eigenvalue weighted by molar-refractivity contribution is 5.93. The molecule has 0 unspecified atom stereocenters. The summed E-state index contributed by atoms with van der Waals surface area (Å²) < 4.78 is 5.26. The number of carbonyl (C=O) groups excluding carboxylic acids is 2. The summed E-state index contributed by atoms with van der Waals surface area (Å²) in [6.45, 7) is 7.79. The highest BCUT2D eigenvalue weighted by Gasteiger charge is 2.24. The first-order valence-electron chi connectivity index (χ1n) is 12.7. The van der Waals surface area contributed by atoms with E-state index in [4.69, 9.17) is 4.74 Å². The summed E-state index contributed by atoms with van der Waals surface area (Å²) in [5.74, 6) is 0.150. The van der Waals surface area contributed by atoms with Crippen LogP contribution in [0, 0.1) is 0 Å². The number of para-hydroxylation sites is 1. The van der Waals surface area contributed by atoms with Gasteiger partial charge in [-0.25, -0.2) is 0 Å². The summed E-state index contributed by atoms with van der Waals surface area (Å²) in [5, 5.41) is 3.04. The van der Waals surface area contributed by atoms with E-state index >= 15 is 0 Å². The van der Waals surface area contributed by atoms with Crippen LogP contribution in [-0.2, 0) is 27.2 Å². The second-order valence-electron chi connectivity index (χ2n) is 9.07. The summed E-state index contributed by atoms with van der Waals surface area (Å²) in [7, 11) is 1.69. The highest BCUT2D eigenvalue weighted by Crippen LogP contribution is 2.15. The zero-order chi connectivity index (χ0) is 24.9. The molecular weight excluding hydrogens is 440 g/mol. The van der Waals surface area contributed by atoms with Crippen molar-refractivity contribution in [1.82, 2.24) is 14.7 Å². The number of nitrogens with one attached hydrogen (secondary N) is 1. The Morgan fingerprint density at radius 2 is 1.69 bits per heavy atom. The molecule has 1 fully saturated rings. The summed E-state index contributed by atoms with van der Waals surface area (Å²) >= 11 is 0. The van der Waals surface area contributed by atoms with Gasteiger partial charge in [-0.3, -0.25) is 19.4 Å². The van der Waals surface area contributed by atoms with E-state index in [-0.39, 0.29) is 11.8 Å². The molecule has 7 heteroatoms. The molecule has 190 valence electrons. The van der Waals surface area contributed by atoms with Crippen molar-refractivity contribution in [3.63, 3.8) is 0 Å². The molecule has 0 atom stereocenters. The topological polar surface area (TPSA) is 65.1 Å². The van der Waals surface area contributed by atoms with Gasteiger partial charge in [-0.2, -0.15) is 0 Å². The minimum atomic E-state index is -0.00478. The monoisotopic (exact) mass is 480 g/mol. The number of amides is 2. The van der Waals surface area contributed by atoms with Crippen molar-refractivity contribution < 1.29 is 14.3 Å². The predicted octanol–water partition coefficient (Wildman–Crippen LogP) is 2.91. The predicted molar refractivity (Wildman–Crippen MR) is 141 cm³/mol. The molecule has 0 spiro atoms. The van der Waals surface area contributed by atoms with Gasteiger partial charge in [0.2, 0.25) is 11.8 Å². The van der Waals surface area contributed by atoms with E-state index in [1.165, 1.54) is 5.56 Å². The average Bonchev–Trinajstić information content (AvgIpc) is 2.88. The number of hydrogen-bond acceptors (Lipinski definition) is 5. The number of hydrogen-bond donors (Lipinski definition) is 1. The largest absolute Gasteiger partial charge is 0.383 e. The van der Waals surface area contributed by atoms with Gasteiger partial charge in [0.25, 0.3) is 0 Å². The molecule has 0 bridgehead atoms. The van der Waals surface area contributed by atoms with Gasteiger partial charge in [0, 0.05) is 45.5 Å². The molecule has 1 aliphatic heterocycles. The molecule has 0 radical (unpaired) electrons. The molecule has 0 aromatic heterocycles. The maximum atomic E-state index is 13.0. The van der Waals surface area contributed by atoms with Crippen molar-refractivity contribution in [3.8, 4) is 0 Å². The van der Waals surface area contributed by atoms with Crippen molar-refractivity contribution in [2.75, 3.05) is 71.4 Å². The SMILES string of the molecule is CCc1ccccc1NC(=O)CN1CCN(C(=O)CN(CCCc2ccccc2)CCOC)CC1. The number of rotatable bonds is 13. The zero-order valence-electron chi connectivity index (χ0n) is 21.2. The number of piperazine rings is 1. The molecule has 1 N–H and O–H groups in total. The van der Waals surface area contributed by atoms with Crippen LogP contribution in [0.25, 0.3) is 0 Å². The fourth-order valence-electron chi connectivity index (χ4n) is 4.43. The van der Waals surface area contributed by atoms with Crippen LogP contribution in [0.5, 0.6) is 0 Å². The molecule has 1 saturated heterocycles. The van der Waals surface area contributed by atoms with Gasteiger partial charge in [0.1, 0.15) is 0 Å². The van der Waals surface area contributed by atoms with E-state index in [1.54, 1.807) is 7.11 Å². The molecular formula is C28H40N4O3. The van der Waals surface area contributed by atoms with Crippen LogP contribution in [0.4, 0.5) is 5.69 Å². The number of ether oxygens (including phenoxy) is 1. The van der Waals surface area contributed by atoms with Gasteiger partial charge in [0.05, 0.1) is 19.7 Å². The fraction of sp³-hybridized carbons (Fsp3) is 0.500. The molecule has 2 amide bonds. The van der Waals surface area contributed by atoms with Gasteiger partial charge in [-0.1, -0.05) is 55.5 Å². The Morgan fingerprint density at radius 1 is 0.971 bits per heavy atom. The molecule has 2 aromatic rings. The minimum Gasteiger partial charge on any atom is -0.383 e. The highest BCUT2D eigenvalue weighted by atomic mass is 16.5. The van der Waals surface area contributed by atoms with Crippen molar-refractivity contribution in [2.24, 2.45) is 0 Å². The van der Waals surface area contributed by atoms with E-state index in [2.05, 4.69) is 46.3 Å². The number of methoxy groups -OCH3 is 1. The minimum absolute atomic E-state index is 0.00478. The first kappa shape index (κ1) is 26.9. The van der Waals surface area contributed by atoms with E-state index in [1.807, 2.05) is 35.2 Å². The van der Waals surface area contributed by atoms with Crippen molar-refractivity contribution >= 4 is 17.5 Å². The van der Waals surface area contributed by atoms with Crippen molar-refractivity contribution in [2.45, 2.75) is 26.2 Å². The Hall–Kier alpha value is -2.74. The molecule has 1 heterocycles. The number of anilines is 1. The van der Waals surface area contributed by atoms with Crippen LogP contribution < -0.4 is 5.32 Å². The maximum absolute atomic E-state index is 13.0. The first-order chi connectivity index (χ1) is 17.1. The van der Waals surface area contributed by atoms with Crippen LogP contribution in [0.15, 0.2) is 54.6 Å². The average molecular weight is 481 g/mol. The number of aryl methyl sites for hydroxylation is 2. The second kappa shape index (κ2) is 14.6. The van der Waals surface area contributed by atoms with Gasteiger partial charge < -0.3 is 15.0 Å². The fourth-order valence-corrected chi connectivity index (χ4v) is 4.43. The molecule has 2 aromatic carbocycles. The Balaban J connectivity index is 1.41. The Bertz CT molecular complexity index is 913. The lowest BCUT2D eigenvalue weighted by molar-refractivity contribution is -0.134. The second-order valence-corrected chi connectivity index (χ2v) is 9.07. The smallest absolute Gasteiger partial charge is 0.238 e. The van der Waals surface area contributed by atoms with Gasteiger partial charge >= 0.3 is 0 Å². The van der Waals surface area contributed by atoms with Crippen molar-refractivity contribution in [3.05, 3.63) is 65.7 Å². The molecule has 3 rings (SSSR count). The lowest BCUT2D eigenvalue weighted by Crippen LogP contribution is -2.52. The molecule has 35 heavy (non-hydrogen) atoms. The molecule has 1 aliphatic rings. The molecule has 7 nitrogen and oxygen atoms in total. The third kappa shape index (κ3) is 9.09. The van der Waals surface area contributed by atoms with Crippen LogP contribution >= 0.6 is 0 Å². The van der Waals surface area contributed by atoms with Crippen LogP contribution in [-0.4, -0.2) is 92.6 Å². The molecule has 0 saturated carbocycles. The summed E-state index contributed by atoms with van der Waals surface area (Å²) in [5.41, 5.74) is 3.35. The lowest BCUT2D eigenvalue weighted by atomic mass is 10.1. The third-order valence-electron chi connectivity index (χ3n) is 6.52. The summed E-state index contributed by atoms with van der Waals surface area (Å²) in [6, 6.07) is 18.4. The van der Waals surface area contributed by atoms with Gasteiger partial charge in [0.15, 0.2) is 0 Å². The Morgan fingerprint density at radius 3 is 2.40 bits per heavy atom. The van der Waals surface area contributed by atoms with Gasteiger partial charge in [-0.05, 0) is 43.0 Å². The normalized spacial score (nSPS) is 14.3. The number of benzene rings is 2. The van der Waals surface area contributed by atoms with Crippen molar-refractivity contribution in [1.29, 1.82) is 0 Å². The summed E-state index contributed by atoms with van der Waals surface area (Å²) in [6.07, 6.45) is 2.89. The quantitative estimate of drug-likeness (QED) is 0.478. The van der Waals surface area contributed by atoms with E-state index < -0.39 is 0 Å². The van der Waals surface area contributed by atoms with Gasteiger partial charge in [-0.15, -0.1) is 0 Å². The van der Waals surface area contributed by atoms with E-state index in [0.29, 0.717) is 45.9 Å². The lowest BCUT2D eigenvalue weighted by Gasteiger charge is -2.35. The standard InChI is InChI=1S/C28H40N4O3/c1-3-25-13-7-8-14-26(25)29-27(33)22-31-16-18-32(19-17-31)28(34)23-30(20-21-35-2)15-9-12-24-10-5-4-6-11-24/h4-8,10-11,13-14H,3,9,12,15-23H2,1-2H3,(H,29,33). The number of carbonyl (C=O) groups is 2. The Kier molecular flexibility index (Phi) is 11.2. The first-order valence-corrected chi connectivity index (χ1v) is 12.7. The maximum Gasteiger partial charge on any atom is 0.238 e. The zero-order valence-corrected chi connectivity index (χ0v) is 21.2. The van der Waals surface area contributed by atoms with E-state index in [9.17, 15) is 9.59 Å². The third-order valence-corrected chi connectivity index (χ3v) is 6.52.